The molecule has 4 heterocycles. The van der Waals surface area contributed by atoms with Crippen LogP contribution in [0.4, 0.5) is 11.8 Å². The maximum atomic E-state index is 9.59. The molecule has 3 aromatic heterocycles. The monoisotopic (exact) mass is 376 g/mol. The molecule has 0 bridgehead atoms. The number of rotatable bonds is 3. The Balaban J connectivity index is 1.76. The van der Waals surface area contributed by atoms with E-state index in [1.807, 2.05) is 26.2 Å². The number of nitrogen functional groups attached to an aromatic ring is 1. The molecular formula is C19H20N8O. The fourth-order valence-electron chi connectivity index (χ4n) is 3.29. The third-order valence-corrected chi connectivity index (χ3v) is 4.69. The van der Waals surface area contributed by atoms with Gasteiger partial charge in [-0.3, -0.25) is 4.68 Å². The molecule has 0 spiro atoms. The van der Waals surface area contributed by atoms with E-state index in [1.54, 1.807) is 17.1 Å². The van der Waals surface area contributed by atoms with Crippen molar-refractivity contribution in [2.75, 3.05) is 36.9 Å². The normalized spacial score (nSPS) is 14.1. The summed E-state index contributed by atoms with van der Waals surface area (Å²) in [7, 11) is 1.85. The van der Waals surface area contributed by atoms with Crippen LogP contribution in [0.3, 0.4) is 0 Å². The lowest BCUT2D eigenvalue weighted by molar-refractivity contribution is 0.122. The second-order valence-electron chi connectivity index (χ2n) is 6.60. The number of nitriles is 1. The van der Waals surface area contributed by atoms with Crippen molar-refractivity contribution in [2.45, 2.75) is 6.92 Å². The third kappa shape index (κ3) is 3.25. The molecule has 0 aliphatic carbocycles. The van der Waals surface area contributed by atoms with Crippen LogP contribution in [-0.2, 0) is 11.8 Å². The van der Waals surface area contributed by atoms with Gasteiger partial charge in [0.1, 0.15) is 17.5 Å². The van der Waals surface area contributed by atoms with E-state index >= 15 is 0 Å². The van der Waals surface area contributed by atoms with E-state index in [4.69, 9.17) is 10.5 Å². The van der Waals surface area contributed by atoms with E-state index in [0.717, 1.165) is 24.3 Å². The molecule has 142 valence electrons. The average molecular weight is 376 g/mol. The van der Waals surface area contributed by atoms with Crippen LogP contribution in [0.1, 0.15) is 11.3 Å². The molecule has 0 unspecified atom stereocenters. The van der Waals surface area contributed by atoms with Crippen LogP contribution in [0.15, 0.2) is 24.7 Å². The van der Waals surface area contributed by atoms with E-state index in [1.165, 1.54) is 0 Å². The van der Waals surface area contributed by atoms with Crippen molar-refractivity contribution in [2.24, 2.45) is 7.05 Å². The van der Waals surface area contributed by atoms with Gasteiger partial charge in [0.2, 0.25) is 5.95 Å². The summed E-state index contributed by atoms with van der Waals surface area (Å²) in [6, 6.07) is 3.99. The molecule has 0 radical (unpaired) electrons. The SMILES string of the molecule is Cc1nn(C)cc1-c1cc(-c2cnc(N3CCOCC3)nc2)c(C#N)c(N)n1. The first-order valence-electron chi connectivity index (χ1n) is 8.93. The van der Waals surface area contributed by atoms with Crippen molar-refractivity contribution in [3.63, 3.8) is 0 Å². The quantitative estimate of drug-likeness (QED) is 0.731. The predicted octanol–water partition coefficient (Wildman–Crippen LogP) is 1.54. The second kappa shape index (κ2) is 7.25. The molecule has 1 fully saturated rings. The first-order valence-corrected chi connectivity index (χ1v) is 8.93. The van der Waals surface area contributed by atoms with Crippen LogP contribution < -0.4 is 10.6 Å². The van der Waals surface area contributed by atoms with Gasteiger partial charge in [0.25, 0.3) is 0 Å². The Morgan fingerprint density at radius 1 is 1.18 bits per heavy atom. The molecule has 28 heavy (non-hydrogen) atoms. The molecule has 1 saturated heterocycles. The summed E-state index contributed by atoms with van der Waals surface area (Å²) >= 11 is 0. The van der Waals surface area contributed by atoms with Gasteiger partial charge in [0.05, 0.1) is 24.6 Å². The standard InChI is InChI=1S/C19H20N8O/c1-12-16(11-26(2)25-12)17-7-14(15(8-20)18(21)24-17)13-9-22-19(23-10-13)27-3-5-28-6-4-27/h7,9-11H,3-6H2,1-2H3,(H2,21,24). The minimum atomic E-state index is 0.176. The molecule has 0 saturated carbocycles. The van der Waals surface area contributed by atoms with E-state index in [9.17, 15) is 5.26 Å². The lowest BCUT2D eigenvalue weighted by atomic mass is 10.0. The Bertz CT molecular complexity index is 1050. The van der Waals surface area contributed by atoms with Crippen molar-refractivity contribution in [3.8, 4) is 28.5 Å². The number of nitrogens with two attached hydrogens (primary N) is 1. The summed E-state index contributed by atoms with van der Waals surface area (Å²) in [5.41, 5.74) is 10.1. The Hall–Kier alpha value is -3.51. The topological polar surface area (TPSA) is 119 Å². The molecular weight excluding hydrogens is 356 g/mol. The number of nitrogens with zero attached hydrogens (tertiary/aromatic N) is 7. The fourth-order valence-corrected chi connectivity index (χ4v) is 3.29. The summed E-state index contributed by atoms with van der Waals surface area (Å²) in [4.78, 5) is 15.4. The Morgan fingerprint density at radius 3 is 2.50 bits per heavy atom. The molecule has 2 N–H and O–H groups in total. The Labute approximate surface area is 162 Å². The van der Waals surface area contributed by atoms with Crippen molar-refractivity contribution < 1.29 is 4.74 Å². The maximum Gasteiger partial charge on any atom is 0.225 e. The average Bonchev–Trinajstić information content (AvgIpc) is 3.06. The lowest BCUT2D eigenvalue weighted by Gasteiger charge is -2.26. The molecule has 0 aromatic carbocycles. The van der Waals surface area contributed by atoms with E-state index in [0.29, 0.717) is 41.5 Å². The van der Waals surface area contributed by atoms with Crippen LogP contribution >= 0.6 is 0 Å². The number of aromatic nitrogens is 5. The Kier molecular flexibility index (Phi) is 4.63. The zero-order valence-electron chi connectivity index (χ0n) is 15.8. The largest absolute Gasteiger partial charge is 0.383 e. The Morgan fingerprint density at radius 2 is 1.89 bits per heavy atom. The van der Waals surface area contributed by atoms with Crippen LogP contribution in [0.25, 0.3) is 22.4 Å². The first-order chi connectivity index (χ1) is 13.6. The number of aryl methyl sites for hydroxylation is 2. The van der Waals surface area contributed by atoms with E-state index in [2.05, 4.69) is 31.0 Å². The van der Waals surface area contributed by atoms with E-state index in [-0.39, 0.29) is 5.82 Å². The van der Waals surface area contributed by atoms with Crippen molar-refractivity contribution in [3.05, 3.63) is 35.9 Å². The van der Waals surface area contributed by atoms with Gasteiger partial charge in [-0.15, -0.1) is 0 Å². The van der Waals surface area contributed by atoms with Crippen LogP contribution in [-0.4, -0.2) is 51.0 Å². The summed E-state index contributed by atoms with van der Waals surface area (Å²) in [6.45, 7) is 4.76. The number of morpholine rings is 1. The van der Waals surface area contributed by atoms with Gasteiger partial charge in [-0.05, 0) is 13.0 Å². The third-order valence-electron chi connectivity index (χ3n) is 4.69. The highest BCUT2D eigenvalue weighted by Crippen LogP contribution is 2.31. The smallest absolute Gasteiger partial charge is 0.225 e. The van der Waals surface area contributed by atoms with Crippen LogP contribution in [0, 0.1) is 18.3 Å². The molecule has 9 nitrogen and oxygen atoms in total. The van der Waals surface area contributed by atoms with Gasteiger partial charge in [0, 0.05) is 55.4 Å². The van der Waals surface area contributed by atoms with Gasteiger partial charge in [-0.2, -0.15) is 10.4 Å². The van der Waals surface area contributed by atoms with Crippen molar-refractivity contribution in [1.82, 2.24) is 24.7 Å². The number of hydrogen-bond donors (Lipinski definition) is 1. The number of ether oxygens (including phenoxy) is 1. The summed E-state index contributed by atoms with van der Waals surface area (Å²) in [5.74, 6) is 0.825. The predicted molar refractivity (Wildman–Crippen MR) is 104 cm³/mol. The summed E-state index contributed by atoms with van der Waals surface area (Å²) in [5, 5.41) is 13.9. The van der Waals surface area contributed by atoms with Gasteiger partial charge in [-0.25, -0.2) is 15.0 Å². The molecule has 4 rings (SSSR count). The molecule has 9 heteroatoms. The minimum absolute atomic E-state index is 0.176. The highest BCUT2D eigenvalue weighted by atomic mass is 16.5. The minimum Gasteiger partial charge on any atom is -0.383 e. The summed E-state index contributed by atoms with van der Waals surface area (Å²) < 4.78 is 7.09. The van der Waals surface area contributed by atoms with Crippen molar-refractivity contribution >= 4 is 11.8 Å². The van der Waals surface area contributed by atoms with Gasteiger partial charge >= 0.3 is 0 Å². The maximum absolute atomic E-state index is 9.59. The highest BCUT2D eigenvalue weighted by Gasteiger charge is 2.18. The number of anilines is 2. The second-order valence-corrected chi connectivity index (χ2v) is 6.60. The zero-order chi connectivity index (χ0) is 19.7. The molecule has 3 aromatic rings. The molecule has 1 aliphatic rings. The first kappa shape index (κ1) is 17.9. The molecule has 0 atom stereocenters. The van der Waals surface area contributed by atoms with Gasteiger partial charge < -0.3 is 15.4 Å². The molecule has 1 aliphatic heterocycles. The highest BCUT2D eigenvalue weighted by molar-refractivity contribution is 5.80. The van der Waals surface area contributed by atoms with Crippen LogP contribution in [0.5, 0.6) is 0 Å². The van der Waals surface area contributed by atoms with Crippen LogP contribution in [0.2, 0.25) is 0 Å². The fraction of sp³-hybridized carbons (Fsp3) is 0.316. The number of hydrogen-bond acceptors (Lipinski definition) is 8. The van der Waals surface area contributed by atoms with Crippen molar-refractivity contribution in [1.29, 1.82) is 5.26 Å². The zero-order valence-corrected chi connectivity index (χ0v) is 15.8. The lowest BCUT2D eigenvalue weighted by Crippen LogP contribution is -2.37. The molecule has 0 amide bonds. The van der Waals surface area contributed by atoms with Gasteiger partial charge in [0.15, 0.2) is 0 Å². The number of pyridine rings is 1. The van der Waals surface area contributed by atoms with Gasteiger partial charge in [-0.1, -0.05) is 0 Å². The summed E-state index contributed by atoms with van der Waals surface area (Å²) in [6.07, 6.45) is 5.31. The van der Waals surface area contributed by atoms with E-state index < -0.39 is 0 Å².